The lowest BCUT2D eigenvalue weighted by Crippen LogP contribution is -2.14. The van der Waals surface area contributed by atoms with Crippen LogP contribution in [-0.4, -0.2) is 9.97 Å². The molecule has 0 aliphatic heterocycles. The van der Waals surface area contributed by atoms with Crippen LogP contribution in [-0.2, 0) is 0 Å². The quantitative estimate of drug-likeness (QED) is 0.866. The van der Waals surface area contributed by atoms with Crippen LogP contribution in [0, 0.1) is 17.2 Å². The number of hydrogen-bond acceptors (Lipinski definition) is 2. The first-order chi connectivity index (χ1) is 10.3. The van der Waals surface area contributed by atoms with Gasteiger partial charge in [-0.1, -0.05) is 26.2 Å². The topological polar surface area (TPSA) is 52.5 Å². The summed E-state index contributed by atoms with van der Waals surface area (Å²) in [6.07, 6.45) is 9.26. The van der Waals surface area contributed by atoms with Crippen LogP contribution in [0.2, 0.25) is 0 Å². The minimum absolute atomic E-state index is 0.570. The van der Waals surface area contributed by atoms with E-state index in [0.29, 0.717) is 11.5 Å². The number of unbranched alkanes of at least 4 members (excludes halogenated alkanes) is 1. The van der Waals surface area contributed by atoms with Crippen molar-refractivity contribution in [2.45, 2.75) is 57.8 Å². The predicted molar refractivity (Wildman–Crippen MR) is 85.0 cm³/mol. The zero-order chi connectivity index (χ0) is 14.7. The fourth-order valence-corrected chi connectivity index (χ4v) is 3.51. The Bertz CT molecular complexity index is 642. The van der Waals surface area contributed by atoms with Crippen LogP contribution in [0.1, 0.15) is 69.2 Å². The van der Waals surface area contributed by atoms with Crippen molar-refractivity contribution >= 4 is 11.0 Å². The number of imidazole rings is 1. The van der Waals surface area contributed by atoms with E-state index in [4.69, 9.17) is 10.2 Å². The molecule has 3 rings (SSSR count). The summed E-state index contributed by atoms with van der Waals surface area (Å²) in [5, 5.41) is 8.97. The van der Waals surface area contributed by atoms with Gasteiger partial charge in [0, 0.05) is 5.92 Å². The molecule has 1 aromatic carbocycles. The average molecular weight is 281 g/mol. The summed E-state index contributed by atoms with van der Waals surface area (Å²) in [5.74, 6) is 2.62. The highest BCUT2D eigenvalue weighted by atomic mass is 14.9. The molecule has 1 heterocycles. The number of rotatable bonds is 4. The first-order valence-electron chi connectivity index (χ1n) is 8.20. The Kier molecular flexibility index (Phi) is 4.24. The van der Waals surface area contributed by atoms with Gasteiger partial charge in [-0.05, 0) is 49.8 Å². The Hall–Kier alpha value is -1.82. The second kappa shape index (κ2) is 6.30. The summed E-state index contributed by atoms with van der Waals surface area (Å²) in [7, 11) is 0. The van der Waals surface area contributed by atoms with Crippen molar-refractivity contribution < 1.29 is 0 Å². The third kappa shape index (κ3) is 3.10. The molecular weight excluding hydrogens is 258 g/mol. The SMILES string of the molecule is CCCCC1CCC(c2nc3ccc(C#N)cc3[nH]2)CC1. The Labute approximate surface area is 126 Å². The molecule has 0 spiro atoms. The van der Waals surface area contributed by atoms with Gasteiger partial charge in [-0.25, -0.2) is 4.98 Å². The smallest absolute Gasteiger partial charge is 0.110 e. The zero-order valence-corrected chi connectivity index (χ0v) is 12.7. The zero-order valence-electron chi connectivity index (χ0n) is 12.7. The summed E-state index contributed by atoms with van der Waals surface area (Å²) in [6, 6.07) is 7.87. The molecule has 110 valence electrons. The molecule has 3 heteroatoms. The lowest BCUT2D eigenvalue weighted by Gasteiger charge is -2.27. The molecule has 0 bridgehead atoms. The monoisotopic (exact) mass is 281 g/mol. The van der Waals surface area contributed by atoms with Crippen molar-refractivity contribution in [3.05, 3.63) is 29.6 Å². The second-order valence-corrected chi connectivity index (χ2v) is 6.33. The van der Waals surface area contributed by atoms with Crippen molar-refractivity contribution in [2.75, 3.05) is 0 Å². The van der Waals surface area contributed by atoms with Crippen molar-refractivity contribution in [3.8, 4) is 6.07 Å². The fourth-order valence-electron chi connectivity index (χ4n) is 3.51. The van der Waals surface area contributed by atoms with E-state index in [1.165, 1.54) is 44.9 Å². The standard InChI is InChI=1S/C18H23N3/c1-2-3-4-13-5-8-15(9-6-13)18-20-16-10-7-14(12-19)11-17(16)21-18/h7,10-11,13,15H,2-6,8-9H2,1H3,(H,20,21). The summed E-state index contributed by atoms with van der Waals surface area (Å²) in [6.45, 7) is 2.27. The minimum Gasteiger partial charge on any atom is -0.342 e. The number of fused-ring (bicyclic) bond motifs is 1. The molecule has 0 saturated heterocycles. The van der Waals surface area contributed by atoms with Crippen LogP contribution >= 0.6 is 0 Å². The first kappa shape index (κ1) is 14.1. The van der Waals surface area contributed by atoms with Crippen molar-refractivity contribution in [1.29, 1.82) is 5.26 Å². The summed E-state index contributed by atoms with van der Waals surface area (Å²) in [4.78, 5) is 8.17. The number of benzene rings is 1. The highest BCUT2D eigenvalue weighted by Gasteiger charge is 2.24. The number of nitrogens with one attached hydrogen (secondary N) is 1. The molecule has 0 amide bonds. The summed E-state index contributed by atoms with van der Waals surface area (Å²) < 4.78 is 0. The van der Waals surface area contributed by atoms with E-state index in [9.17, 15) is 0 Å². The van der Waals surface area contributed by atoms with Gasteiger partial charge in [0.2, 0.25) is 0 Å². The van der Waals surface area contributed by atoms with Gasteiger partial charge in [-0.3, -0.25) is 0 Å². The van der Waals surface area contributed by atoms with Gasteiger partial charge in [-0.2, -0.15) is 5.26 Å². The van der Waals surface area contributed by atoms with Crippen molar-refractivity contribution in [3.63, 3.8) is 0 Å². The third-order valence-corrected chi connectivity index (χ3v) is 4.83. The molecule has 0 radical (unpaired) electrons. The number of H-pyrrole nitrogens is 1. The maximum Gasteiger partial charge on any atom is 0.110 e. The molecule has 1 saturated carbocycles. The molecule has 3 nitrogen and oxygen atoms in total. The molecule has 21 heavy (non-hydrogen) atoms. The van der Waals surface area contributed by atoms with Gasteiger partial charge in [0.15, 0.2) is 0 Å². The Balaban J connectivity index is 1.69. The normalized spacial score (nSPS) is 22.3. The number of hydrogen-bond donors (Lipinski definition) is 1. The molecule has 2 aromatic rings. The Morgan fingerprint density at radius 2 is 2.10 bits per heavy atom. The molecule has 0 atom stereocenters. The largest absolute Gasteiger partial charge is 0.342 e. The molecule has 0 unspecified atom stereocenters. The molecule has 1 aliphatic carbocycles. The summed E-state index contributed by atoms with van der Waals surface area (Å²) in [5.41, 5.74) is 2.68. The molecule has 1 N–H and O–H groups in total. The lowest BCUT2D eigenvalue weighted by atomic mass is 9.79. The van der Waals surface area contributed by atoms with Gasteiger partial charge in [0.05, 0.1) is 22.7 Å². The number of nitrogens with zero attached hydrogens (tertiary/aromatic N) is 2. The molecular formula is C18H23N3. The van der Waals surface area contributed by atoms with E-state index >= 15 is 0 Å². The van der Waals surface area contributed by atoms with E-state index in [1.807, 2.05) is 18.2 Å². The van der Waals surface area contributed by atoms with Crippen LogP contribution < -0.4 is 0 Å². The minimum atomic E-state index is 0.570. The van der Waals surface area contributed by atoms with Crippen LogP contribution in [0.4, 0.5) is 0 Å². The fraction of sp³-hybridized carbons (Fsp3) is 0.556. The van der Waals surface area contributed by atoms with Gasteiger partial charge in [0.25, 0.3) is 0 Å². The Morgan fingerprint density at radius 3 is 2.81 bits per heavy atom. The van der Waals surface area contributed by atoms with E-state index in [0.717, 1.165) is 22.8 Å². The van der Waals surface area contributed by atoms with Gasteiger partial charge >= 0.3 is 0 Å². The lowest BCUT2D eigenvalue weighted by molar-refractivity contribution is 0.299. The highest BCUT2D eigenvalue weighted by Crippen LogP contribution is 2.37. The predicted octanol–water partition coefficient (Wildman–Crippen LogP) is 4.90. The van der Waals surface area contributed by atoms with Gasteiger partial charge in [-0.15, -0.1) is 0 Å². The van der Waals surface area contributed by atoms with E-state index < -0.39 is 0 Å². The van der Waals surface area contributed by atoms with E-state index in [2.05, 4.69) is 18.0 Å². The van der Waals surface area contributed by atoms with E-state index in [1.54, 1.807) is 0 Å². The number of nitriles is 1. The van der Waals surface area contributed by atoms with Crippen LogP contribution in [0.15, 0.2) is 18.2 Å². The van der Waals surface area contributed by atoms with Crippen LogP contribution in [0.3, 0.4) is 0 Å². The molecule has 1 fully saturated rings. The molecule has 1 aliphatic rings. The van der Waals surface area contributed by atoms with Gasteiger partial charge in [0.1, 0.15) is 5.82 Å². The van der Waals surface area contributed by atoms with Crippen LogP contribution in [0.25, 0.3) is 11.0 Å². The van der Waals surface area contributed by atoms with Crippen LogP contribution in [0.5, 0.6) is 0 Å². The number of aromatic amines is 1. The maximum atomic E-state index is 8.97. The van der Waals surface area contributed by atoms with E-state index in [-0.39, 0.29) is 0 Å². The van der Waals surface area contributed by atoms with Crippen molar-refractivity contribution in [1.82, 2.24) is 9.97 Å². The summed E-state index contributed by atoms with van der Waals surface area (Å²) >= 11 is 0. The third-order valence-electron chi connectivity index (χ3n) is 4.83. The molecule has 1 aromatic heterocycles. The number of aromatic nitrogens is 2. The van der Waals surface area contributed by atoms with Gasteiger partial charge < -0.3 is 4.98 Å². The first-order valence-corrected chi connectivity index (χ1v) is 8.20. The maximum absolute atomic E-state index is 8.97. The second-order valence-electron chi connectivity index (χ2n) is 6.33. The average Bonchev–Trinajstić information content (AvgIpc) is 2.96. The Morgan fingerprint density at radius 1 is 1.29 bits per heavy atom. The van der Waals surface area contributed by atoms with Crippen molar-refractivity contribution in [2.24, 2.45) is 5.92 Å². The highest BCUT2D eigenvalue weighted by molar-refractivity contribution is 5.76.